The van der Waals surface area contributed by atoms with Crippen LogP contribution in [0.2, 0.25) is 10.0 Å². The summed E-state index contributed by atoms with van der Waals surface area (Å²) in [5.74, 6) is -1.52. The highest BCUT2D eigenvalue weighted by Crippen LogP contribution is 2.24. The number of anilines is 2. The molecule has 10 heteroatoms. The summed E-state index contributed by atoms with van der Waals surface area (Å²) in [6, 6.07) is 16.8. The van der Waals surface area contributed by atoms with E-state index in [1.807, 2.05) is 6.92 Å². The molecule has 0 unspecified atom stereocenters. The van der Waals surface area contributed by atoms with Crippen LogP contribution in [0.15, 0.2) is 72.3 Å². The number of aryl methyl sites for hydroxylation is 1. The zero-order valence-electron chi connectivity index (χ0n) is 18.9. The van der Waals surface area contributed by atoms with Gasteiger partial charge in [-0.05, 0) is 72.7 Å². The highest BCUT2D eigenvalue weighted by atomic mass is 35.5. The van der Waals surface area contributed by atoms with Crippen molar-refractivity contribution in [2.75, 3.05) is 16.8 Å². The number of urea groups is 1. The Morgan fingerprint density at radius 1 is 1.00 bits per heavy atom. The van der Waals surface area contributed by atoms with Gasteiger partial charge in [0.05, 0.1) is 5.69 Å². The van der Waals surface area contributed by atoms with Crippen LogP contribution in [0.3, 0.4) is 0 Å². The molecule has 0 atom stereocenters. The number of nitrogens with one attached hydrogen (secondary N) is 2. The van der Waals surface area contributed by atoms with E-state index in [-0.39, 0.29) is 23.8 Å². The zero-order chi connectivity index (χ0) is 25.8. The summed E-state index contributed by atoms with van der Waals surface area (Å²) in [5.41, 5.74) is 2.04. The predicted octanol–water partition coefficient (Wildman–Crippen LogP) is 4.99. The fourth-order valence-corrected chi connectivity index (χ4v) is 3.63. The number of rotatable bonds is 6. The highest BCUT2D eigenvalue weighted by molar-refractivity contribution is 6.39. The molecule has 0 spiro atoms. The first-order valence-corrected chi connectivity index (χ1v) is 11.4. The van der Waals surface area contributed by atoms with Crippen LogP contribution in [-0.2, 0) is 14.4 Å². The van der Waals surface area contributed by atoms with Crippen LogP contribution in [0.4, 0.5) is 16.2 Å². The Balaban J connectivity index is 1.42. The molecule has 0 aliphatic carbocycles. The SMILES string of the molecule is Cc1ccc(NC(=O)COc2ccc(/C=C3/C(=O)NC(=O)N(c4ccc(Cl)cc4)C3=O)cc2)cc1Cl. The number of carbonyl (C=O) groups excluding carboxylic acids is 4. The number of hydrogen-bond donors (Lipinski definition) is 2. The number of halogens is 2. The molecule has 8 nitrogen and oxygen atoms in total. The van der Waals surface area contributed by atoms with Gasteiger partial charge in [0, 0.05) is 15.7 Å². The van der Waals surface area contributed by atoms with E-state index in [2.05, 4.69) is 10.6 Å². The Morgan fingerprint density at radius 2 is 1.69 bits per heavy atom. The van der Waals surface area contributed by atoms with Crippen LogP contribution in [0, 0.1) is 6.92 Å². The van der Waals surface area contributed by atoms with Crippen molar-refractivity contribution in [2.24, 2.45) is 0 Å². The first-order chi connectivity index (χ1) is 17.2. The predicted molar refractivity (Wildman–Crippen MR) is 137 cm³/mol. The van der Waals surface area contributed by atoms with E-state index in [4.69, 9.17) is 27.9 Å². The summed E-state index contributed by atoms with van der Waals surface area (Å²) in [5, 5.41) is 5.85. The number of nitrogens with zero attached hydrogens (tertiary/aromatic N) is 1. The number of benzene rings is 3. The van der Waals surface area contributed by atoms with Crippen LogP contribution in [-0.4, -0.2) is 30.4 Å². The second-order valence-electron chi connectivity index (χ2n) is 7.80. The van der Waals surface area contributed by atoms with Gasteiger partial charge in [0.25, 0.3) is 17.7 Å². The van der Waals surface area contributed by atoms with E-state index < -0.39 is 17.8 Å². The van der Waals surface area contributed by atoms with E-state index in [9.17, 15) is 19.2 Å². The van der Waals surface area contributed by atoms with Gasteiger partial charge < -0.3 is 10.1 Å². The Morgan fingerprint density at radius 3 is 2.36 bits per heavy atom. The molecule has 0 bridgehead atoms. The average molecular weight is 524 g/mol. The minimum Gasteiger partial charge on any atom is -0.484 e. The van der Waals surface area contributed by atoms with Crippen molar-refractivity contribution in [1.82, 2.24) is 5.32 Å². The van der Waals surface area contributed by atoms with Gasteiger partial charge in [-0.15, -0.1) is 0 Å². The maximum absolute atomic E-state index is 12.9. The lowest BCUT2D eigenvalue weighted by atomic mass is 10.1. The Kier molecular flexibility index (Phi) is 7.38. The smallest absolute Gasteiger partial charge is 0.335 e. The van der Waals surface area contributed by atoms with Gasteiger partial charge in [0.1, 0.15) is 11.3 Å². The quantitative estimate of drug-likeness (QED) is 0.350. The van der Waals surface area contributed by atoms with Crippen molar-refractivity contribution in [2.45, 2.75) is 6.92 Å². The Bertz CT molecular complexity index is 1390. The number of barbiturate groups is 1. The molecule has 1 aliphatic rings. The second kappa shape index (κ2) is 10.6. The lowest BCUT2D eigenvalue weighted by Crippen LogP contribution is -2.54. The van der Waals surface area contributed by atoms with E-state index >= 15 is 0 Å². The summed E-state index contributed by atoms with van der Waals surface area (Å²) >= 11 is 11.9. The molecule has 4 rings (SSSR count). The van der Waals surface area contributed by atoms with Crippen LogP contribution in [0.1, 0.15) is 11.1 Å². The number of carbonyl (C=O) groups is 4. The van der Waals surface area contributed by atoms with E-state index in [1.54, 1.807) is 42.5 Å². The normalized spacial score (nSPS) is 14.6. The van der Waals surface area contributed by atoms with Gasteiger partial charge in [-0.1, -0.05) is 41.4 Å². The minimum absolute atomic E-state index is 0.214. The molecule has 0 radical (unpaired) electrons. The number of hydrogen-bond acceptors (Lipinski definition) is 5. The third-order valence-corrected chi connectivity index (χ3v) is 5.86. The fourth-order valence-electron chi connectivity index (χ4n) is 3.33. The van der Waals surface area contributed by atoms with Gasteiger partial charge in [0.15, 0.2) is 6.61 Å². The molecule has 5 amide bonds. The standard InChI is InChI=1S/C26H19Cl2N3O5/c1-15-2-7-18(13-22(15)28)29-23(32)14-36-20-10-3-16(4-11-20)12-21-24(33)30-26(35)31(25(21)34)19-8-5-17(27)6-9-19/h2-13H,14H2,1H3,(H,29,32)(H,30,33,35)/b21-12-. The molecule has 182 valence electrons. The summed E-state index contributed by atoms with van der Waals surface area (Å²) in [4.78, 5) is 50.6. The van der Waals surface area contributed by atoms with Crippen molar-refractivity contribution < 1.29 is 23.9 Å². The number of ether oxygens (including phenoxy) is 1. The van der Waals surface area contributed by atoms with Crippen molar-refractivity contribution in [3.63, 3.8) is 0 Å². The lowest BCUT2D eigenvalue weighted by Gasteiger charge is -2.26. The van der Waals surface area contributed by atoms with Gasteiger partial charge in [-0.3, -0.25) is 19.7 Å². The van der Waals surface area contributed by atoms with Crippen LogP contribution in [0.5, 0.6) is 5.75 Å². The summed E-state index contributed by atoms with van der Waals surface area (Å²) in [6.07, 6.45) is 1.37. The molecule has 3 aromatic rings. The van der Waals surface area contributed by atoms with E-state index in [0.717, 1.165) is 10.5 Å². The molecule has 2 N–H and O–H groups in total. The van der Waals surface area contributed by atoms with Crippen LogP contribution < -0.4 is 20.3 Å². The first kappa shape index (κ1) is 25.0. The van der Waals surface area contributed by atoms with Gasteiger partial charge in [-0.2, -0.15) is 0 Å². The van der Waals surface area contributed by atoms with Crippen molar-refractivity contribution >= 4 is 64.4 Å². The third-order valence-electron chi connectivity index (χ3n) is 5.20. The summed E-state index contributed by atoms with van der Waals surface area (Å²) < 4.78 is 5.50. The Hall–Kier alpha value is -4.14. The molecule has 0 aromatic heterocycles. The second-order valence-corrected chi connectivity index (χ2v) is 8.65. The molecule has 1 heterocycles. The summed E-state index contributed by atoms with van der Waals surface area (Å²) in [6.45, 7) is 1.63. The van der Waals surface area contributed by atoms with Crippen molar-refractivity contribution in [3.8, 4) is 5.75 Å². The topological polar surface area (TPSA) is 105 Å². The van der Waals surface area contributed by atoms with Crippen LogP contribution >= 0.6 is 23.2 Å². The third kappa shape index (κ3) is 5.73. The lowest BCUT2D eigenvalue weighted by molar-refractivity contribution is -0.122. The highest BCUT2D eigenvalue weighted by Gasteiger charge is 2.36. The molecule has 1 aliphatic heterocycles. The maximum Gasteiger partial charge on any atom is 0.335 e. The average Bonchev–Trinajstić information content (AvgIpc) is 2.84. The van der Waals surface area contributed by atoms with Gasteiger partial charge in [0.2, 0.25) is 0 Å². The van der Waals surface area contributed by atoms with Crippen molar-refractivity contribution in [1.29, 1.82) is 0 Å². The zero-order valence-corrected chi connectivity index (χ0v) is 20.4. The number of amides is 5. The first-order valence-electron chi connectivity index (χ1n) is 10.7. The van der Waals surface area contributed by atoms with Crippen molar-refractivity contribution in [3.05, 3.63) is 93.5 Å². The molecule has 3 aromatic carbocycles. The monoisotopic (exact) mass is 523 g/mol. The maximum atomic E-state index is 12.9. The summed E-state index contributed by atoms with van der Waals surface area (Å²) in [7, 11) is 0. The van der Waals surface area contributed by atoms with Crippen LogP contribution in [0.25, 0.3) is 6.08 Å². The molecular weight excluding hydrogens is 505 g/mol. The number of imide groups is 2. The minimum atomic E-state index is -0.848. The molecule has 1 fully saturated rings. The molecule has 1 saturated heterocycles. The molecular formula is C26H19Cl2N3O5. The molecule has 0 saturated carbocycles. The van der Waals surface area contributed by atoms with Gasteiger partial charge in [-0.25, -0.2) is 9.69 Å². The largest absolute Gasteiger partial charge is 0.484 e. The van der Waals surface area contributed by atoms with E-state index in [0.29, 0.717) is 27.0 Å². The Labute approximate surface area is 216 Å². The molecule has 36 heavy (non-hydrogen) atoms. The fraction of sp³-hybridized carbons (Fsp3) is 0.0769. The van der Waals surface area contributed by atoms with E-state index in [1.165, 1.54) is 30.3 Å². The van der Waals surface area contributed by atoms with Gasteiger partial charge >= 0.3 is 6.03 Å².